The van der Waals surface area contributed by atoms with Crippen LogP contribution in [0.15, 0.2) is 16.8 Å². The molecule has 0 saturated heterocycles. The van der Waals surface area contributed by atoms with Gasteiger partial charge in [0.15, 0.2) is 0 Å². The molecule has 0 N–H and O–H groups in total. The van der Waals surface area contributed by atoms with E-state index in [9.17, 15) is 0 Å². The van der Waals surface area contributed by atoms with Gasteiger partial charge in [-0.1, -0.05) is 0 Å². The Morgan fingerprint density at radius 1 is 1.55 bits per heavy atom. The Labute approximate surface area is 72.9 Å². The van der Waals surface area contributed by atoms with Gasteiger partial charge < -0.3 is 0 Å². The van der Waals surface area contributed by atoms with E-state index in [-0.39, 0.29) is 0 Å². The Hall–Kier alpha value is 0.0349. The molecule has 0 aliphatic heterocycles. The molecule has 0 aliphatic rings. The SMILES string of the molecule is C=C(CB=NP)CC(C)(C)C. The van der Waals surface area contributed by atoms with Gasteiger partial charge in [-0.3, -0.25) is 0 Å². The summed E-state index contributed by atoms with van der Waals surface area (Å²) in [4.78, 5) is 0. The molecule has 0 aromatic heterocycles. The molecule has 0 radical (unpaired) electrons. The van der Waals surface area contributed by atoms with E-state index >= 15 is 0 Å². The van der Waals surface area contributed by atoms with Crippen LogP contribution in [0.1, 0.15) is 27.2 Å². The average Bonchev–Trinajstić information content (AvgIpc) is 1.79. The molecule has 0 aliphatic carbocycles. The fourth-order valence-electron chi connectivity index (χ4n) is 1.00. The minimum atomic E-state index is 0.353. The van der Waals surface area contributed by atoms with E-state index in [0.29, 0.717) is 5.41 Å². The maximum atomic E-state index is 3.98. The molecule has 11 heavy (non-hydrogen) atoms. The third-order valence-corrected chi connectivity index (χ3v) is 1.48. The van der Waals surface area contributed by atoms with E-state index < -0.39 is 0 Å². The van der Waals surface area contributed by atoms with Gasteiger partial charge in [0.05, 0.1) is 0 Å². The van der Waals surface area contributed by atoms with Crippen LogP contribution in [-0.4, -0.2) is 7.07 Å². The van der Waals surface area contributed by atoms with Crippen LogP contribution in [0.2, 0.25) is 6.32 Å². The topological polar surface area (TPSA) is 12.4 Å². The summed E-state index contributed by atoms with van der Waals surface area (Å²) in [5.41, 5.74) is 1.61. The molecule has 0 spiro atoms. The van der Waals surface area contributed by atoms with Crippen LogP contribution in [0.5, 0.6) is 0 Å². The first-order chi connectivity index (χ1) is 4.95. The molecule has 0 fully saturated rings. The average molecular weight is 169 g/mol. The van der Waals surface area contributed by atoms with Gasteiger partial charge in [0.25, 0.3) is 0 Å². The third kappa shape index (κ3) is 7.94. The molecule has 0 aromatic carbocycles. The number of allylic oxidation sites excluding steroid dienone is 1. The van der Waals surface area contributed by atoms with Gasteiger partial charge in [0.1, 0.15) is 0 Å². The number of nitrogens with zero attached hydrogens (tertiary/aromatic N) is 1. The molecule has 0 rings (SSSR count). The van der Waals surface area contributed by atoms with Crippen LogP contribution in [-0.2, 0) is 0 Å². The molecule has 3 heteroatoms. The first kappa shape index (κ1) is 11.0. The Balaban J connectivity index is 3.70. The zero-order valence-electron chi connectivity index (χ0n) is 7.72. The van der Waals surface area contributed by atoms with Crippen LogP contribution in [0.25, 0.3) is 0 Å². The van der Waals surface area contributed by atoms with Crippen molar-refractivity contribution in [1.29, 1.82) is 0 Å². The Bertz CT molecular complexity index is 158. The van der Waals surface area contributed by atoms with Crippen LogP contribution in [0.4, 0.5) is 0 Å². The predicted octanol–water partition coefficient (Wildman–Crippen LogP) is 3.08. The molecule has 0 aromatic rings. The predicted molar refractivity (Wildman–Crippen MR) is 55.9 cm³/mol. The molecule has 1 atom stereocenters. The summed E-state index contributed by atoms with van der Waals surface area (Å²) in [5, 5.41) is 0. The molecular weight excluding hydrogens is 152 g/mol. The molecule has 1 nitrogen and oxygen atoms in total. The first-order valence-electron chi connectivity index (χ1n) is 3.84. The van der Waals surface area contributed by atoms with Crippen LogP contribution < -0.4 is 0 Å². The van der Waals surface area contributed by atoms with Crippen LogP contribution >= 0.6 is 9.39 Å². The summed E-state index contributed by atoms with van der Waals surface area (Å²) in [6.07, 6.45) is 1.98. The van der Waals surface area contributed by atoms with Gasteiger partial charge in [-0.15, -0.1) is 0 Å². The summed E-state index contributed by atoms with van der Waals surface area (Å²) in [7, 11) is 4.20. The van der Waals surface area contributed by atoms with Gasteiger partial charge in [0.2, 0.25) is 0 Å². The molecule has 0 amide bonds. The van der Waals surface area contributed by atoms with E-state index in [1.54, 1.807) is 0 Å². The van der Waals surface area contributed by atoms with Gasteiger partial charge in [-0.2, -0.15) is 0 Å². The van der Waals surface area contributed by atoms with Crippen molar-refractivity contribution in [3.8, 4) is 0 Å². The molecule has 62 valence electrons. The molecule has 0 bridgehead atoms. The van der Waals surface area contributed by atoms with Crippen LogP contribution in [0.3, 0.4) is 0 Å². The van der Waals surface area contributed by atoms with Crippen molar-refractivity contribution >= 4 is 16.5 Å². The Kier molecular flexibility index (Phi) is 4.84. The number of hydrogen-bond donors (Lipinski definition) is 0. The first-order valence-corrected chi connectivity index (χ1v) is 4.36. The van der Waals surface area contributed by atoms with Crippen molar-refractivity contribution in [3.05, 3.63) is 12.2 Å². The van der Waals surface area contributed by atoms with Crippen molar-refractivity contribution in [3.63, 3.8) is 0 Å². The molecule has 0 saturated carbocycles. The van der Waals surface area contributed by atoms with Crippen molar-refractivity contribution in [2.75, 3.05) is 0 Å². The minimum absolute atomic E-state index is 0.353. The van der Waals surface area contributed by atoms with E-state index in [1.165, 1.54) is 5.57 Å². The normalized spacial score (nSPS) is 11.6. The monoisotopic (exact) mass is 169 g/mol. The van der Waals surface area contributed by atoms with E-state index in [2.05, 4.69) is 41.4 Å². The van der Waals surface area contributed by atoms with E-state index in [1.807, 2.05) is 7.07 Å². The second-order valence-corrected chi connectivity index (χ2v) is 4.32. The van der Waals surface area contributed by atoms with Gasteiger partial charge >= 0.3 is 72.2 Å². The molecule has 1 unspecified atom stereocenters. The summed E-state index contributed by atoms with van der Waals surface area (Å²) in [5.74, 6) is 0. The molecule has 0 heterocycles. The van der Waals surface area contributed by atoms with Crippen LogP contribution in [0, 0.1) is 5.41 Å². The van der Waals surface area contributed by atoms with Crippen molar-refractivity contribution in [1.82, 2.24) is 0 Å². The number of rotatable bonds is 3. The fraction of sp³-hybridized carbons (Fsp3) is 0.750. The summed E-state index contributed by atoms with van der Waals surface area (Å²) >= 11 is 0. The summed E-state index contributed by atoms with van der Waals surface area (Å²) in [6.45, 7) is 10.6. The fourth-order valence-corrected chi connectivity index (χ4v) is 1.11. The second kappa shape index (κ2) is 4.82. The van der Waals surface area contributed by atoms with Crippen molar-refractivity contribution < 1.29 is 0 Å². The third-order valence-electron chi connectivity index (χ3n) is 1.27. The quantitative estimate of drug-likeness (QED) is 0.349. The van der Waals surface area contributed by atoms with E-state index in [4.69, 9.17) is 0 Å². The molecular formula is C8H17BNP. The van der Waals surface area contributed by atoms with Crippen molar-refractivity contribution in [2.45, 2.75) is 33.5 Å². The van der Waals surface area contributed by atoms with Gasteiger partial charge in [0, 0.05) is 0 Å². The Morgan fingerprint density at radius 3 is 2.45 bits per heavy atom. The van der Waals surface area contributed by atoms with Crippen molar-refractivity contribution in [2.24, 2.45) is 10.1 Å². The second-order valence-electron chi connectivity index (χ2n) is 4.02. The summed E-state index contributed by atoms with van der Waals surface area (Å²) in [6, 6.07) is 0. The number of hydrogen-bond acceptors (Lipinski definition) is 1. The summed E-state index contributed by atoms with van der Waals surface area (Å²) < 4.78 is 3.84. The zero-order chi connectivity index (χ0) is 8.91. The van der Waals surface area contributed by atoms with Gasteiger partial charge in [-0.25, -0.2) is 0 Å². The van der Waals surface area contributed by atoms with E-state index in [0.717, 1.165) is 12.7 Å². The zero-order valence-corrected chi connectivity index (χ0v) is 8.88. The Morgan fingerprint density at radius 2 is 2.09 bits per heavy atom. The maximum absolute atomic E-state index is 3.98. The van der Waals surface area contributed by atoms with Gasteiger partial charge in [-0.05, 0) is 0 Å². The standard InChI is InChI=1S/C8H17BNP/c1-7(6-9-10-11)5-8(2,3)4/h1,5-6,11H2,2-4H3.